The molecular formula is C19H17FN4O4S. The zero-order chi connectivity index (χ0) is 20.8. The van der Waals surface area contributed by atoms with Crippen molar-refractivity contribution in [2.24, 2.45) is 0 Å². The van der Waals surface area contributed by atoms with E-state index in [1.165, 1.54) is 42.5 Å². The molecule has 2 aromatic rings. The number of imide groups is 1. The van der Waals surface area contributed by atoms with Crippen LogP contribution in [0.4, 0.5) is 14.3 Å². The Kier molecular flexibility index (Phi) is 4.65. The number of amides is 4. The number of rotatable bonds is 5. The molecule has 29 heavy (non-hydrogen) atoms. The molecule has 1 unspecified atom stereocenters. The summed E-state index contributed by atoms with van der Waals surface area (Å²) < 4.78 is 13.2. The fraction of sp³-hybridized carbons (Fsp3) is 0.316. The van der Waals surface area contributed by atoms with Gasteiger partial charge in [0.05, 0.1) is 5.69 Å². The average Bonchev–Trinajstić information content (AvgIpc) is 3.18. The van der Waals surface area contributed by atoms with Crippen LogP contribution >= 0.6 is 11.3 Å². The first-order valence-electron chi connectivity index (χ1n) is 8.93. The maximum Gasteiger partial charge on any atom is 0.325 e. The van der Waals surface area contributed by atoms with E-state index in [0.717, 1.165) is 10.6 Å². The van der Waals surface area contributed by atoms with Gasteiger partial charge in [-0.15, -0.1) is 11.3 Å². The molecule has 0 radical (unpaired) electrons. The zero-order valence-corrected chi connectivity index (χ0v) is 16.2. The Morgan fingerprint density at radius 1 is 1.31 bits per heavy atom. The van der Waals surface area contributed by atoms with Crippen LogP contribution in [0.1, 0.15) is 36.9 Å². The van der Waals surface area contributed by atoms with E-state index in [1.807, 2.05) is 0 Å². The molecule has 4 rings (SSSR count). The first kappa shape index (κ1) is 19.2. The number of ketones is 1. The number of urea groups is 1. The molecule has 10 heteroatoms. The van der Waals surface area contributed by atoms with E-state index in [4.69, 9.17) is 0 Å². The Labute approximate surface area is 169 Å². The van der Waals surface area contributed by atoms with Gasteiger partial charge in [-0.25, -0.2) is 14.2 Å². The van der Waals surface area contributed by atoms with Crippen LogP contribution in [-0.4, -0.2) is 40.1 Å². The van der Waals surface area contributed by atoms with Crippen molar-refractivity contribution in [3.05, 3.63) is 46.7 Å². The molecule has 1 aromatic carbocycles. The maximum atomic E-state index is 13.2. The number of nitrogens with zero attached hydrogens (tertiary/aromatic N) is 2. The topological polar surface area (TPSA) is 108 Å². The van der Waals surface area contributed by atoms with Crippen LogP contribution in [0.15, 0.2) is 29.6 Å². The number of aromatic nitrogens is 1. The van der Waals surface area contributed by atoms with Crippen molar-refractivity contribution in [1.82, 2.24) is 15.2 Å². The molecule has 150 valence electrons. The minimum absolute atomic E-state index is 0.0896. The molecule has 1 aromatic heterocycles. The van der Waals surface area contributed by atoms with Crippen LogP contribution in [0.5, 0.6) is 0 Å². The van der Waals surface area contributed by atoms with Crippen LogP contribution in [0.2, 0.25) is 0 Å². The Morgan fingerprint density at radius 2 is 2.00 bits per heavy atom. The number of Topliss-reactive ketones (excluding diaryl/α,β-unsaturated/α-hetero) is 1. The van der Waals surface area contributed by atoms with Crippen molar-refractivity contribution in [1.29, 1.82) is 0 Å². The number of anilines is 1. The van der Waals surface area contributed by atoms with E-state index in [9.17, 15) is 23.6 Å². The number of thiazole rings is 1. The largest absolute Gasteiger partial charge is 0.325 e. The lowest BCUT2D eigenvalue weighted by Gasteiger charge is -2.22. The van der Waals surface area contributed by atoms with Crippen LogP contribution in [0.25, 0.3) is 0 Å². The van der Waals surface area contributed by atoms with Gasteiger partial charge in [0.1, 0.15) is 23.7 Å². The third-order valence-corrected chi connectivity index (χ3v) is 5.91. The summed E-state index contributed by atoms with van der Waals surface area (Å²) in [7, 11) is 0. The van der Waals surface area contributed by atoms with Crippen molar-refractivity contribution in [3.63, 3.8) is 0 Å². The Hall–Kier alpha value is -3.14. The lowest BCUT2D eigenvalue weighted by molar-refractivity contribution is -0.133. The zero-order valence-electron chi connectivity index (χ0n) is 15.4. The second-order valence-electron chi connectivity index (χ2n) is 7.22. The second-order valence-corrected chi connectivity index (χ2v) is 8.08. The highest BCUT2D eigenvalue weighted by Crippen LogP contribution is 2.35. The van der Waals surface area contributed by atoms with Crippen LogP contribution in [0.3, 0.4) is 0 Å². The maximum absolute atomic E-state index is 13.2. The highest BCUT2D eigenvalue weighted by Gasteiger charge is 2.49. The molecule has 2 aliphatic rings. The fourth-order valence-corrected chi connectivity index (χ4v) is 4.16. The molecular weight excluding hydrogens is 399 g/mol. The van der Waals surface area contributed by atoms with E-state index in [2.05, 4.69) is 15.6 Å². The summed E-state index contributed by atoms with van der Waals surface area (Å²) >= 11 is 1.22. The van der Waals surface area contributed by atoms with Crippen molar-refractivity contribution in [3.8, 4) is 0 Å². The molecule has 1 saturated heterocycles. The fourth-order valence-electron chi connectivity index (χ4n) is 3.35. The van der Waals surface area contributed by atoms with E-state index in [-0.39, 0.29) is 11.7 Å². The lowest BCUT2D eigenvalue weighted by Crippen LogP contribution is -2.42. The molecule has 1 aliphatic heterocycles. The summed E-state index contributed by atoms with van der Waals surface area (Å²) in [6.07, 6.45) is 0.920. The van der Waals surface area contributed by atoms with E-state index in [0.29, 0.717) is 23.5 Å². The van der Waals surface area contributed by atoms with Gasteiger partial charge in [-0.05, 0) is 24.6 Å². The summed E-state index contributed by atoms with van der Waals surface area (Å²) in [4.78, 5) is 53.7. The van der Waals surface area contributed by atoms with Gasteiger partial charge < -0.3 is 10.6 Å². The average molecular weight is 416 g/mol. The number of hydrogen-bond acceptors (Lipinski definition) is 6. The van der Waals surface area contributed by atoms with Gasteiger partial charge in [-0.2, -0.15) is 0 Å². The first-order valence-corrected chi connectivity index (χ1v) is 9.81. The number of benzene rings is 1. The molecule has 2 N–H and O–H groups in total. The van der Waals surface area contributed by atoms with E-state index in [1.54, 1.807) is 5.38 Å². The van der Waals surface area contributed by atoms with Crippen molar-refractivity contribution >= 4 is 40.1 Å². The molecule has 4 amide bonds. The van der Waals surface area contributed by atoms with Gasteiger partial charge in [0.25, 0.3) is 5.91 Å². The summed E-state index contributed by atoms with van der Waals surface area (Å²) in [5, 5.41) is 7.27. The molecule has 1 saturated carbocycles. The van der Waals surface area contributed by atoms with Crippen LogP contribution in [0, 0.1) is 5.82 Å². The van der Waals surface area contributed by atoms with Gasteiger partial charge >= 0.3 is 6.03 Å². The molecule has 2 heterocycles. The number of nitrogens with one attached hydrogen (secondary N) is 2. The van der Waals surface area contributed by atoms with Gasteiger partial charge in [0, 0.05) is 24.1 Å². The minimum atomic E-state index is -1.38. The number of halogens is 1. The smallest absolute Gasteiger partial charge is 0.319 e. The first-order chi connectivity index (χ1) is 13.8. The second kappa shape index (κ2) is 7.03. The van der Waals surface area contributed by atoms with Crippen molar-refractivity contribution in [2.45, 2.75) is 31.2 Å². The minimum Gasteiger partial charge on any atom is -0.319 e. The summed E-state index contributed by atoms with van der Waals surface area (Å²) in [5.41, 5.74) is -0.209. The summed E-state index contributed by atoms with van der Waals surface area (Å²) in [6.45, 7) is 1.03. The van der Waals surface area contributed by atoms with E-state index < -0.39 is 35.7 Å². The van der Waals surface area contributed by atoms with Crippen molar-refractivity contribution < 1.29 is 23.6 Å². The van der Waals surface area contributed by atoms with Gasteiger partial charge in [0.2, 0.25) is 5.91 Å². The number of hydrogen-bond donors (Lipinski definition) is 2. The Balaban J connectivity index is 1.41. The van der Waals surface area contributed by atoms with Gasteiger partial charge in [-0.3, -0.25) is 19.3 Å². The summed E-state index contributed by atoms with van der Waals surface area (Å²) in [6, 6.07) is 4.53. The highest BCUT2D eigenvalue weighted by atomic mass is 32.1. The molecule has 0 spiro atoms. The lowest BCUT2D eigenvalue weighted by atomic mass is 9.82. The highest BCUT2D eigenvalue weighted by molar-refractivity contribution is 7.13. The van der Waals surface area contributed by atoms with E-state index >= 15 is 0 Å². The van der Waals surface area contributed by atoms with Crippen LogP contribution < -0.4 is 10.6 Å². The molecule has 1 aliphatic carbocycles. The predicted octanol–water partition coefficient (Wildman–Crippen LogP) is 2.13. The standard InChI is InChI=1S/C19H17FN4O4S/c1-19(11-2-4-12(20)5-3-11)16(27)24(18(28)23-19)8-15(26)22-17-21-14(9-29-17)10-6-13(25)7-10/h2-5,9-10H,6-8H2,1H3,(H,23,28)(H,21,22,26). The molecule has 0 bridgehead atoms. The Bertz CT molecular complexity index is 1010. The normalized spacial score (nSPS) is 21.9. The quantitative estimate of drug-likeness (QED) is 0.726. The predicted molar refractivity (Wildman–Crippen MR) is 102 cm³/mol. The van der Waals surface area contributed by atoms with Crippen LogP contribution in [-0.2, 0) is 19.9 Å². The Morgan fingerprint density at radius 3 is 2.66 bits per heavy atom. The van der Waals surface area contributed by atoms with Crippen molar-refractivity contribution in [2.75, 3.05) is 11.9 Å². The third kappa shape index (κ3) is 3.51. The molecule has 2 fully saturated rings. The van der Waals surface area contributed by atoms with Gasteiger partial charge in [-0.1, -0.05) is 12.1 Å². The third-order valence-electron chi connectivity index (χ3n) is 5.13. The number of carbonyl (C=O) groups excluding carboxylic acids is 4. The molecule has 1 atom stereocenters. The summed E-state index contributed by atoms with van der Waals surface area (Å²) in [5.74, 6) is -1.35. The molecule has 8 nitrogen and oxygen atoms in total. The number of carbonyl (C=O) groups is 4. The SMILES string of the molecule is CC1(c2ccc(F)cc2)NC(=O)N(CC(=O)Nc2nc(C3CC(=O)C3)cs2)C1=O. The monoisotopic (exact) mass is 416 g/mol. The van der Waals surface area contributed by atoms with Gasteiger partial charge in [0.15, 0.2) is 5.13 Å².